The van der Waals surface area contributed by atoms with Crippen LogP contribution in [-0.2, 0) is 13.0 Å². The molecule has 1 aliphatic heterocycles. The van der Waals surface area contributed by atoms with Crippen molar-refractivity contribution < 1.29 is 9.53 Å². The van der Waals surface area contributed by atoms with E-state index in [4.69, 9.17) is 4.74 Å². The molecular weight excluding hydrogens is 314 g/mol. The minimum Gasteiger partial charge on any atom is -0.497 e. The number of likely N-dealkylation sites (tertiary alicyclic amines) is 1. The fourth-order valence-corrected chi connectivity index (χ4v) is 3.22. The molecule has 0 aliphatic carbocycles. The predicted octanol–water partition coefficient (Wildman–Crippen LogP) is 3.25. The monoisotopic (exact) mass is 339 g/mol. The molecule has 1 aromatic carbocycles. The molecule has 132 valence electrons. The van der Waals surface area contributed by atoms with Gasteiger partial charge >= 0.3 is 6.03 Å². The number of nitrogens with one attached hydrogen (secondary N) is 1. The number of piperidine rings is 1. The minimum absolute atomic E-state index is 0.00792. The number of nitrogens with zero attached hydrogens (tertiary/aromatic N) is 2. The van der Waals surface area contributed by atoms with Crippen LogP contribution in [0.3, 0.4) is 0 Å². The Bertz CT molecular complexity index is 665. The van der Waals surface area contributed by atoms with Crippen molar-refractivity contribution in [2.24, 2.45) is 5.92 Å². The zero-order valence-electron chi connectivity index (χ0n) is 14.6. The summed E-state index contributed by atoms with van der Waals surface area (Å²) in [6.07, 6.45) is 4.89. The molecule has 0 radical (unpaired) electrons. The van der Waals surface area contributed by atoms with Gasteiger partial charge in [-0.05, 0) is 55.0 Å². The number of carbonyl (C=O) groups excluding carboxylic acids is 1. The van der Waals surface area contributed by atoms with Gasteiger partial charge in [-0.2, -0.15) is 0 Å². The van der Waals surface area contributed by atoms with Gasteiger partial charge in [0, 0.05) is 19.3 Å². The highest BCUT2D eigenvalue weighted by atomic mass is 16.5. The summed E-state index contributed by atoms with van der Waals surface area (Å²) < 4.78 is 5.20. The van der Waals surface area contributed by atoms with Crippen LogP contribution in [0.5, 0.6) is 5.75 Å². The third-order valence-electron chi connectivity index (χ3n) is 4.73. The molecule has 0 spiro atoms. The fourth-order valence-electron chi connectivity index (χ4n) is 3.22. The summed E-state index contributed by atoms with van der Waals surface area (Å²) in [5, 5.41) is 2.96. The third-order valence-corrected chi connectivity index (χ3v) is 4.73. The third kappa shape index (κ3) is 4.95. The second-order valence-corrected chi connectivity index (χ2v) is 6.46. The summed E-state index contributed by atoms with van der Waals surface area (Å²) in [5.74, 6) is 1.52. The van der Waals surface area contributed by atoms with E-state index >= 15 is 0 Å². The van der Waals surface area contributed by atoms with Gasteiger partial charge in [0.05, 0.1) is 19.3 Å². The highest BCUT2D eigenvalue weighted by Crippen LogP contribution is 2.23. The van der Waals surface area contributed by atoms with E-state index in [-0.39, 0.29) is 6.03 Å². The lowest BCUT2D eigenvalue weighted by molar-refractivity contribution is 0.170. The SMILES string of the molecule is COc1ccc(CC2CCN(C(=O)NCc3ccccn3)CC2)cc1. The first-order chi connectivity index (χ1) is 12.2. The van der Waals surface area contributed by atoms with Gasteiger partial charge in [0.1, 0.15) is 5.75 Å². The first kappa shape index (κ1) is 17.3. The van der Waals surface area contributed by atoms with E-state index in [2.05, 4.69) is 22.4 Å². The molecule has 0 unspecified atom stereocenters. The summed E-state index contributed by atoms with van der Waals surface area (Å²) in [6.45, 7) is 2.11. The van der Waals surface area contributed by atoms with Crippen molar-refractivity contribution in [1.82, 2.24) is 15.2 Å². The second kappa shape index (κ2) is 8.51. The standard InChI is InChI=1S/C20H25N3O2/c1-25-19-7-5-16(6-8-19)14-17-9-12-23(13-10-17)20(24)22-15-18-4-2-3-11-21-18/h2-8,11,17H,9-10,12-15H2,1H3,(H,22,24). The molecular formula is C20H25N3O2. The molecule has 1 fully saturated rings. The van der Waals surface area contributed by atoms with E-state index in [1.54, 1.807) is 13.3 Å². The van der Waals surface area contributed by atoms with Crippen molar-refractivity contribution in [3.05, 3.63) is 59.9 Å². The minimum atomic E-state index is 0.00792. The van der Waals surface area contributed by atoms with Crippen LogP contribution in [0.2, 0.25) is 0 Å². The van der Waals surface area contributed by atoms with E-state index in [0.717, 1.165) is 43.8 Å². The Balaban J connectivity index is 1.42. The Hall–Kier alpha value is -2.56. The lowest BCUT2D eigenvalue weighted by Crippen LogP contribution is -2.44. The first-order valence-electron chi connectivity index (χ1n) is 8.80. The molecule has 25 heavy (non-hydrogen) atoms. The number of benzene rings is 1. The van der Waals surface area contributed by atoms with Crippen molar-refractivity contribution >= 4 is 6.03 Å². The Morgan fingerprint density at radius 1 is 1.20 bits per heavy atom. The highest BCUT2D eigenvalue weighted by Gasteiger charge is 2.22. The lowest BCUT2D eigenvalue weighted by atomic mass is 9.90. The van der Waals surface area contributed by atoms with Crippen LogP contribution in [0.4, 0.5) is 4.79 Å². The van der Waals surface area contributed by atoms with Crippen LogP contribution >= 0.6 is 0 Å². The van der Waals surface area contributed by atoms with Crippen molar-refractivity contribution in [2.75, 3.05) is 20.2 Å². The second-order valence-electron chi connectivity index (χ2n) is 6.46. The van der Waals surface area contributed by atoms with Crippen molar-refractivity contribution in [2.45, 2.75) is 25.8 Å². The molecule has 5 nitrogen and oxygen atoms in total. The average Bonchev–Trinajstić information content (AvgIpc) is 2.68. The molecule has 2 heterocycles. The molecule has 5 heteroatoms. The zero-order chi connectivity index (χ0) is 17.5. The topological polar surface area (TPSA) is 54.5 Å². The molecule has 1 saturated heterocycles. The molecule has 1 N–H and O–H groups in total. The molecule has 1 aliphatic rings. The van der Waals surface area contributed by atoms with Gasteiger partial charge in [0.15, 0.2) is 0 Å². The number of hydrogen-bond acceptors (Lipinski definition) is 3. The number of rotatable bonds is 5. The molecule has 0 bridgehead atoms. The van der Waals surface area contributed by atoms with Crippen molar-refractivity contribution in [3.63, 3.8) is 0 Å². The number of urea groups is 1. The van der Waals surface area contributed by atoms with Crippen molar-refractivity contribution in [3.8, 4) is 5.75 Å². The fraction of sp³-hybridized carbons (Fsp3) is 0.400. The Morgan fingerprint density at radius 2 is 1.96 bits per heavy atom. The maximum Gasteiger partial charge on any atom is 0.317 e. The largest absolute Gasteiger partial charge is 0.497 e. The number of ether oxygens (including phenoxy) is 1. The van der Waals surface area contributed by atoms with Gasteiger partial charge in [-0.1, -0.05) is 18.2 Å². The normalized spacial score (nSPS) is 15.0. The molecule has 2 amide bonds. The quantitative estimate of drug-likeness (QED) is 0.910. The van der Waals surface area contributed by atoms with Gasteiger partial charge < -0.3 is 15.0 Å². The summed E-state index contributed by atoms with van der Waals surface area (Å²) >= 11 is 0. The Labute approximate surface area is 149 Å². The Kier molecular flexibility index (Phi) is 5.88. The maximum atomic E-state index is 12.3. The highest BCUT2D eigenvalue weighted by molar-refractivity contribution is 5.74. The average molecular weight is 339 g/mol. The molecule has 3 rings (SSSR count). The summed E-state index contributed by atoms with van der Waals surface area (Å²) in [7, 11) is 1.68. The number of amides is 2. The van der Waals surface area contributed by atoms with Crippen LogP contribution in [0.1, 0.15) is 24.1 Å². The van der Waals surface area contributed by atoms with E-state index < -0.39 is 0 Å². The van der Waals surface area contributed by atoms with Crippen LogP contribution in [0, 0.1) is 5.92 Å². The van der Waals surface area contributed by atoms with Crippen LogP contribution < -0.4 is 10.1 Å². The van der Waals surface area contributed by atoms with E-state index in [1.165, 1.54) is 5.56 Å². The number of aromatic nitrogens is 1. The lowest BCUT2D eigenvalue weighted by Gasteiger charge is -2.32. The van der Waals surface area contributed by atoms with Crippen LogP contribution in [-0.4, -0.2) is 36.1 Å². The smallest absolute Gasteiger partial charge is 0.317 e. The number of methoxy groups -OCH3 is 1. The van der Waals surface area contributed by atoms with E-state index in [9.17, 15) is 4.79 Å². The number of carbonyl (C=O) groups is 1. The van der Waals surface area contributed by atoms with Gasteiger partial charge in [-0.3, -0.25) is 4.98 Å². The van der Waals surface area contributed by atoms with Gasteiger partial charge in [-0.15, -0.1) is 0 Å². The predicted molar refractivity (Wildman–Crippen MR) is 97.5 cm³/mol. The number of hydrogen-bond donors (Lipinski definition) is 1. The molecule has 2 aromatic rings. The summed E-state index contributed by atoms with van der Waals surface area (Å²) in [6, 6.07) is 14.0. The van der Waals surface area contributed by atoms with E-state index in [0.29, 0.717) is 12.5 Å². The van der Waals surface area contributed by atoms with Crippen LogP contribution in [0.25, 0.3) is 0 Å². The molecule has 0 atom stereocenters. The van der Waals surface area contributed by atoms with Gasteiger partial charge in [0.2, 0.25) is 0 Å². The number of pyridine rings is 1. The van der Waals surface area contributed by atoms with Crippen LogP contribution in [0.15, 0.2) is 48.7 Å². The van der Waals surface area contributed by atoms with Crippen molar-refractivity contribution in [1.29, 1.82) is 0 Å². The first-order valence-corrected chi connectivity index (χ1v) is 8.80. The summed E-state index contributed by atoms with van der Waals surface area (Å²) in [4.78, 5) is 18.4. The maximum absolute atomic E-state index is 12.3. The molecule has 1 aromatic heterocycles. The molecule has 0 saturated carbocycles. The Morgan fingerprint density at radius 3 is 2.60 bits per heavy atom. The zero-order valence-corrected chi connectivity index (χ0v) is 14.6. The van der Waals surface area contributed by atoms with Gasteiger partial charge in [0.25, 0.3) is 0 Å². The summed E-state index contributed by atoms with van der Waals surface area (Å²) in [5.41, 5.74) is 2.21. The van der Waals surface area contributed by atoms with E-state index in [1.807, 2.05) is 35.2 Å². The van der Waals surface area contributed by atoms with Gasteiger partial charge in [-0.25, -0.2) is 4.79 Å².